The lowest BCUT2D eigenvalue weighted by Gasteiger charge is -2.43. The minimum Gasteiger partial charge on any atom is -0.468 e. The summed E-state index contributed by atoms with van der Waals surface area (Å²) in [6, 6.07) is 73.7. The van der Waals surface area contributed by atoms with Gasteiger partial charge in [-0.3, -0.25) is 0 Å². The highest BCUT2D eigenvalue weighted by Gasteiger charge is 2.47. The number of anilines is 9. The third kappa shape index (κ3) is 4.94. The van der Waals surface area contributed by atoms with Crippen molar-refractivity contribution in [1.82, 2.24) is 0 Å². The number of rotatable bonds is 6. The van der Waals surface area contributed by atoms with Crippen LogP contribution in [0.3, 0.4) is 0 Å². The van der Waals surface area contributed by atoms with E-state index in [1.54, 1.807) is 0 Å². The van der Waals surface area contributed by atoms with E-state index in [0.29, 0.717) is 0 Å². The standard InChI is InChI=1S/C50H34BN3O/c1-5-19-35(20-6-1)40-27-13-16-30-43(40)54-44-31-17-15-29-42(44)51-48-45(53(38-25-11-4-12-26-38)49-41-28-14-18-32-47(41)55-50(49)51)33-39(34-46(48)54)52(36-21-7-2-8-22-36)37-23-9-3-10-24-37/h1-34H. The third-order valence-electron chi connectivity index (χ3n) is 11.0. The Balaban J connectivity index is 1.29. The molecule has 5 heteroatoms. The van der Waals surface area contributed by atoms with Crippen molar-refractivity contribution in [2.45, 2.75) is 0 Å². The number of hydrogen-bond acceptors (Lipinski definition) is 4. The van der Waals surface area contributed by atoms with Crippen molar-refractivity contribution >= 4 is 85.5 Å². The summed E-state index contributed by atoms with van der Waals surface area (Å²) < 4.78 is 7.03. The summed E-state index contributed by atoms with van der Waals surface area (Å²) in [5.74, 6) is 0. The predicted molar refractivity (Wildman–Crippen MR) is 230 cm³/mol. The third-order valence-corrected chi connectivity index (χ3v) is 11.0. The highest BCUT2D eigenvalue weighted by Crippen LogP contribution is 2.50. The SMILES string of the molecule is c1ccc(-c2ccccc2N2c3ccccc3B3c4oc5ccccc5c4N(c4ccccc4)c4cc(N(c5ccccc5)c5ccccc5)cc2c43)cc1. The van der Waals surface area contributed by atoms with Crippen LogP contribution in [-0.2, 0) is 0 Å². The summed E-state index contributed by atoms with van der Waals surface area (Å²) in [5, 5.41) is 1.09. The molecule has 0 atom stereocenters. The molecule has 4 nitrogen and oxygen atoms in total. The van der Waals surface area contributed by atoms with E-state index in [9.17, 15) is 0 Å². The minimum atomic E-state index is -0.139. The number of furan rings is 1. The highest BCUT2D eigenvalue weighted by molar-refractivity contribution is 7.00. The molecule has 8 aromatic carbocycles. The fraction of sp³-hybridized carbons (Fsp3) is 0. The molecule has 0 aliphatic carbocycles. The van der Waals surface area contributed by atoms with Crippen molar-refractivity contribution in [1.29, 1.82) is 0 Å². The van der Waals surface area contributed by atoms with E-state index in [2.05, 4.69) is 221 Å². The first-order valence-electron chi connectivity index (χ1n) is 18.8. The zero-order valence-electron chi connectivity index (χ0n) is 30.0. The lowest BCUT2D eigenvalue weighted by molar-refractivity contribution is 0.651. The van der Waals surface area contributed by atoms with Crippen LogP contribution in [0.25, 0.3) is 22.1 Å². The number of hydrogen-bond donors (Lipinski definition) is 0. The lowest BCUT2D eigenvalue weighted by Crippen LogP contribution is -2.61. The fourth-order valence-electron chi connectivity index (χ4n) is 8.73. The molecule has 0 spiro atoms. The normalized spacial score (nSPS) is 12.6. The van der Waals surface area contributed by atoms with Gasteiger partial charge in [0.2, 0.25) is 0 Å². The first kappa shape index (κ1) is 31.3. The van der Waals surface area contributed by atoms with E-state index in [4.69, 9.17) is 4.42 Å². The number of para-hydroxylation sites is 6. The summed E-state index contributed by atoms with van der Waals surface area (Å²) in [6.45, 7) is -0.139. The maximum atomic E-state index is 7.03. The van der Waals surface area contributed by atoms with Gasteiger partial charge in [-0.25, -0.2) is 0 Å². The zero-order chi connectivity index (χ0) is 36.3. The van der Waals surface area contributed by atoms with Crippen LogP contribution in [0, 0.1) is 0 Å². The van der Waals surface area contributed by atoms with Crippen LogP contribution < -0.4 is 31.3 Å². The van der Waals surface area contributed by atoms with Gasteiger partial charge in [0.05, 0.1) is 22.7 Å². The molecule has 1 aromatic heterocycles. The van der Waals surface area contributed by atoms with Gasteiger partial charge in [-0.05, 0) is 89.3 Å². The summed E-state index contributed by atoms with van der Waals surface area (Å²) >= 11 is 0. The van der Waals surface area contributed by atoms with Crippen molar-refractivity contribution in [3.63, 3.8) is 0 Å². The van der Waals surface area contributed by atoms with Gasteiger partial charge < -0.3 is 19.1 Å². The number of fused-ring (bicyclic) bond motifs is 6. The summed E-state index contributed by atoms with van der Waals surface area (Å²) in [4.78, 5) is 7.30. The topological polar surface area (TPSA) is 22.9 Å². The number of nitrogens with zero attached hydrogens (tertiary/aromatic N) is 3. The van der Waals surface area contributed by atoms with Crippen LogP contribution in [0.1, 0.15) is 0 Å². The maximum absolute atomic E-state index is 7.03. The number of benzene rings is 8. The van der Waals surface area contributed by atoms with E-state index in [1.807, 2.05) is 0 Å². The average Bonchev–Trinajstić information content (AvgIpc) is 3.64. The summed E-state index contributed by atoms with van der Waals surface area (Å²) in [7, 11) is 0. The Bertz CT molecular complexity index is 2800. The molecule has 0 radical (unpaired) electrons. The molecule has 0 N–H and O–H groups in total. The molecule has 9 aromatic rings. The van der Waals surface area contributed by atoms with E-state index in [0.717, 1.165) is 67.8 Å². The van der Waals surface area contributed by atoms with Crippen LogP contribution in [0.4, 0.5) is 51.2 Å². The van der Waals surface area contributed by atoms with Gasteiger partial charge in [-0.15, -0.1) is 0 Å². The van der Waals surface area contributed by atoms with Crippen molar-refractivity contribution in [3.05, 3.63) is 206 Å². The molecule has 55 heavy (non-hydrogen) atoms. The van der Waals surface area contributed by atoms with Gasteiger partial charge >= 0.3 is 0 Å². The molecular formula is C50H34BN3O. The molecule has 0 amide bonds. The van der Waals surface area contributed by atoms with Crippen LogP contribution >= 0.6 is 0 Å². The van der Waals surface area contributed by atoms with Crippen LogP contribution in [-0.4, -0.2) is 6.71 Å². The molecule has 2 aliphatic heterocycles. The molecule has 0 saturated carbocycles. The Labute approximate surface area is 320 Å². The van der Waals surface area contributed by atoms with Crippen molar-refractivity contribution in [2.24, 2.45) is 0 Å². The Morgan fingerprint density at radius 2 is 0.982 bits per heavy atom. The fourth-order valence-corrected chi connectivity index (χ4v) is 8.73. The van der Waals surface area contributed by atoms with Crippen molar-refractivity contribution in [2.75, 3.05) is 14.7 Å². The summed E-state index contributed by atoms with van der Waals surface area (Å²) in [6.07, 6.45) is 0. The summed E-state index contributed by atoms with van der Waals surface area (Å²) in [5.41, 5.74) is 16.5. The maximum Gasteiger partial charge on any atom is 0.297 e. The second kappa shape index (κ2) is 12.7. The molecule has 0 saturated heterocycles. The first-order valence-corrected chi connectivity index (χ1v) is 18.8. The Morgan fingerprint density at radius 3 is 1.69 bits per heavy atom. The largest absolute Gasteiger partial charge is 0.468 e. The van der Waals surface area contributed by atoms with Crippen molar-refractivity contribution < 1.29 is 4.42 Å². The van der Waals surface area contributed by atoms with Gasteiger partial charge in [-0.1, -0.05) is 133 Å². The second-order valence-electron chi connectivity index (χ2n) is 14.1. The van der Waals surface area contributed by atoms with Gasteiger partial charge in [0.25, 0.3) is 6.71 Å². The molecule has 11 rings (SSSR count). The quantitative estimate of drug-likeness (QED) is 0.161. The van der Waals surface area contributed by atoms with Crippen LogP contribution in [0.2, 0.25) is 0 Å². The highest BCUT2D eigenvalue weighted by atomic mass is 16.3. The van der Waals surface area contributed by atoms with Crippen LogP contribution in [0.5, 0.6) is 0 Å². The predicted octanol–water partition coefficient (Wildman–Crippen LogP) is 11.7. The zero-order valence-corrected chi connectivity index (χ0v) is 30.0. The van der Waals surface area contributed by atoms with E-state index < -0.39 is 0 Å². The minimum absolute atomic E-state index is 0.139. The van der Waals surface area contributed by atoms with E-state index in [-0.39, 0.29) is 6.71 Å². The smallest absolute Gasteiger partial charge is 0.297 e. The van der Waals surface area contributed by atoms with E-state index >= 15 is 0 Å². The Hall–Kier alpha value is -7.24. The molecule has 2 aliphatic rings. The lowest BCUT2D eigenvalue weighted by atomic mass is 9.35. The molecular weight excluding hydrogens is 669 g/mol. The Kier molecular flexibility index (Phi) is 7.24. The van der Waals surface area contributed by atoms with Crippen molar-refractivity contribution in [3.8, 4) is 11.1 Å². The first-order chi connectivity index (χ1) is 27.3. The van der Waals surface area contributed by atoms with E-state index in [1.165, 1.54) is 22.1 Å². The second-order valence-corrected chi connectivity index (χ2v) is 14.1. The Morgan fingerprint density at radius 1 is 0.436 bits per heavy atom. The molecule has 0 fully saturated rings. The molecule has 0 bridgehead atoms. The van der Waals surface area contributed by atoms with Crippen LogP contribution in [0.15, 0.2) is 211 Å². The molecule has 258 valence electrons. The van der Waals surface area contributed by atoms with Gasteiger partial charge in [0.15, 0.2) is 0 Å². The monoisotopic (exact) mass is 703 g/mol. The van der Waals surface area contributed by atoms with Gasteiger partial charge in [0, 0.05) is 45.1 Å². The van der Waals surface area contributed by atoms with Gasteiger partial charge in [0.1, 0.15) is 5.58 Å². The van der Waals surface area contributed by atoms with Gasteiger partial charge in [-0.2, -0.15) is 0 Å². The molecule has 0 unspecified atom stereocenters. The average molecular weight is 704 g/mol. The molecule has 3 heterocycles.